The van der Waals surface area contributed by atoms with Gasteiger partial charge < -0.3 is 14.5 Å². The lowest BCUT2D eigenvalue weighted by Gasteiger charge is -2.44. The smallest absolute Gasteiger partial charge is 0.248 e. The first-order chi connectivity index (χ1) is 17.5. The summed E-state index contributed by atoms with van der Waals surface area (Å²) in [6.45, 7) is 3.09. The van der Waals surface area contributed by atoms with Crippen LogP contribution in [-0.2, 0) is 9.59 Å². The van der Waals surface area contributed by atoms with Crippen LogP contribution < -0.4 is 15.1 Å². The van der Waals surface area contributed by atoms with Crippen LogP contribution in [0.5, 0.6) is 5.75 Å². The van der Waals surface area contributed by atoms with Crippen LogP contribution in [-0.4, -0.2) is 83.7 Å². The second kappa shape index (κ2) is 10.5. The molecule has 2 aromatic carbocycles. The van der Waals surface area contributed by atoms with Crippen molar-refractivity contribution in [1.82, 2.24) is 20.3 Å². The molecule has 2 fully saturated rings. The zero-order valence-corrected chi connectivity index (χ0v) is 20.3. The number of para-hydroxylation sites is 2. The Balaban J connectivity index is 1.29. The highest BCUT2D eigenvalue weighted by atomic mass is 16.5. The van der Waals surface area contributed by atoms with Crippen molar-refractivity contribution in [3.05, 3.63) is 66.9 Å². The van der Waals surface area contributed by atoms with Crippen LogP contribution in [0.25, 0.3) is 10.9 Å². The van der Waals surface area contributed by atoms with Gasteiger partial charge in [0.25, 0.3) is 0 Å². The van der Waals surface area contributed by atoms with Gasteiger partial charge in [0.15, 0.2) is 0 Å². The number of anilines is 1. The Bertz CT molecular complexity index is 1210. The number of hydrogen-bond acceptors (Lipinski definition) is 7. The van der Waals surface area contributed by atoms with Gasteiger partial charge in [0.1, 0.15) is 17.9 Å². The Morgan fingerprint density at radius 1 is 1.00 bits per heavy atom. The summed E-state index contributed by atoms with van der Waals surface area (Å²) in [5.41, 5.74) is 3.74. The minimum atomic E-state index is -0.744. The highest BCUT2D eigenvalue weighted by molar-refractivity contribution is 5.90. The number of ether oxygens (including phenoxy) is 1. The number of carbonyl (C=O) groups is 2. The molecule has 2 saturated heterocycles. The minimum Gasteiger partial charge on any atom is -0.488 e. The van der Waals surface area contributed by atoms with Gasteiger partial charge in [-0.2, -0.15) is 0 Å². The lowest BCUT2D eigenvalue weighted by atomic mass is 9.86. The van der Waals surface area contributed by atoms with E-state index in [1.54, 1.807) is 11.7 Å². The molecule has 0 saturated carbocycles. The number of hydroxylamine groups is 1. The predicted octanol–water partition coefficient (Wildman–Crippen LogP) is 2.16. The van der Waals surface area contributed by atoms with E-state index < -0.39 is 17.9 Å². The van der Waals surface area contributed by atoms with E-state index in [4.69, 9.17) is 4.74 Å². The molecule has 9 heteroatoms. The average Bonchev–Trinajstić information content (AvgIpc) is 2.93. The highest BCUT2D eigenvalue weighted by Gasteiger charge is 2.45. The fourth-order valence-electron chi connectivity index (χ4n) is 5.37. The molecule has 2 aliphatic heterocycles. The van der Waals surface area contributed by atoms with E-state index in [9.17, 15) is 14.8 Å². The molecule has 0 aliphatic carbocycles. The van der Waals surface area contributed by atoms with Gasteiger partial charge in [0.2, 0.25) is 11.8 Å². The first-order valence-electron chi connectivity index (χ1n) is 12.3. The fourth-order valence-corrected chi connectivity index (χ4v) is 5.37. The van der Waals surface area contributed by atoms with E-state index in [2.05, 4.69) is 22.0 Å². The maximum absolute atomic E-state index is 13.6. The third-order valence-electron chi connectivity index (χ3n) is 7.18. The largest absolute Gasteiger partial charge is 0.488 e. The summed E-state index contributed by atoms with van der Waals surface area (Å²) in [5, 5.41) is 10.4. The molecule has 5 rings (SSSR count). The quantitative estimate of drug-likeness (QED) is 0.419. The molecular weight excluding hydrogens is 458 g/mol. The Labute approximate surface area is 210 Å². The molecular formula is C27H31N5O4. The van der Waals surface area contributed by atoms with Crippen molar-refractivity contribution < 1.29 is 19.5 Å². The summed E-state index contributed by atoms with van der Waals surface area (Å²) >= 11 is 0. The number of fused-ring (bicyclic) bond motifs is 1. The predicted molar refractivity (Wildman–Crippen MR) is 136 cm³/mol. The minimum absolute atomic E-state index is 0.0911. The van der Waals surface area contributed by atoms with E-state index >= 15 is 0 Å². The maximum Gasteiger partial charge on any atom is 0.248 e. The fraction of sp³-hybridized carbons (Fsp3) is 0.370. The second-order valence-electron chi connectivity index (χ2n) is 9.42. The molecule has 2 amide bonds. The van der Waals surface area contributed by atoms with Crippen molar-refractivity contribution in [2.75, 3.05) is 44.7 Å². The van der Waals surface area contributed by atoms with Crippen molar-refractivity contribution in [3.63, 3.8) is 0 Å². The molecule has 9 nitrogen and oxygen atoms in total. The van der Waals surface area contributed by atoms with E-state index in [1.807, 2.05) is 65.4 Å². The topological polar surface area (TPSA) is 98.2 Å². The summed E-state index contributed by atoms with van der Waals surface area (Å²) in [6, 6.07) is 19.0. The number of likely N-dealkylation sites (N-methyl/N-ethyl adjacent to an activating group) is 1. The number of carbonyl (C=O) groups excluding carboxylic acids is 2. The van der Waals surface area contributed by atoms with Gasteiger partial charge >= 0.3 is 0 Å². The summed E-state index contributed by atoms with van der Waals surface area (Å²) in [7, 11) is 1.83. The number of amides is 2. The molecule has 2 N–H and O–H groups in total. The van der Waals surface area contributed by atoms with Crippen molar-refractivity contribution in [1.29, 1.82) is 0 Å². The maximum atomic E-state index is 13.6. The van der Waals surface area contributed by atoms with Gasteiger partial charge in [-0.15, -0.1) is 0 Å². The third-order valence-corrected chi connectivity index (χ3v) is 7.18. The van der Waals surface area contributed by atoms with E-state index in [-0.39, 0.29) is 12.0 Å². The molecule has 3 aromatic rings. The molecule has 0 unspecified atom stereocenters. The van der Waals surface area contributed by atoms with Crippen molar-refractivity contribution in [2.24, 2.45) is 5.92 Å². The number of nitrogens with zero attached hydrogens (tertiary/aromatic N) is 4. The van der Waals surface area contributed by atoms with Crippen LogP contribution in [0.4, 0.5) is 5.69 Å². The first-order valence-corrected chi connectivity index (χ1v) is 12.3. The van der Waals surface area contributed by atoms with Crippen LogP contribution >= 0.6 is 0 Å². The normalized spacial score (nSPS) is 22.9. The monoisotopic (exact) mass is 489 g/mol. The third kappa shape index (κ3) is 4.84. The number of piperazine rings is 1. The SMILES string of the molecule is CN1C[C@@H](Oc2ccnc3ccccc23)C[C@H](C(=O)NO)[C@H]1C(=O)N1CCN(c2ccccc2)CC1. The molecule has 2 aliphatic rings. The summed E-state index contributed by atoms with van der Waals surface area (Å²) < 4.78 is 6.33. The summed E-state index contributed by atoms with van der Waals surface area (Å²) in [5.74, 6) is -0.724. The van der Waals surface area contributed by atoms with E-state index in [1.165, 1.54) is 0 Å². The van der Waals surface area contributed by atoms with Crippen LogP contribution in [0.1, 0.15) is 6.42 Å². The number of pyridine rings is 1. The molecule has 0 spiro atoms. The van der Waals surface area contributed by atoms with Gasteiger partial charge in [0.05, 0.1) is 11.4 Å². The lowest BCUT2D eigenvalue weighted by molar-refractivity contribution is -0.151. The Morgan fingerprint density at radius 2 is 1.72 bits per heavy atom. The number of rotatable bonds is 5. The number of nitrogens with one attached hydrogen (secondary N) is 1. The van der Waals surface area contributed by atoms with Crippen molar-refractivity contribution in [2.45, 2.75) is 18.6 Å². The van der Waals surface area contributed by atoms with Gasteiger partial charge in [-0.25, -0.2) is 5.48 Å². The molecule has 0 bridgehead atoms. The Kier molecular flexibility index (Phi) is 7.02. The van der Waals surface area contributed by atoms with E-state index in [0.717, 1.165) is 29.7 Å². The Morgan fingerprint density at radius 3 is 2.47 bits per heavy atom. The Hall–Kier alpha value is -3.69. The summed E-state index contributed by atoms with van der Waals surface area (Å²) in [4.78, 5) is 36.7. The number of aromatic nitrogens is 1. The molecule has 188 valence electrons. The summed E-state index contributed by atoms with van der Waals surface area (Å²) in [6.07, 6.45) is 1.68. The number of likely N-dealkylation sites (tertiary alicyclic amines) is 1. The number of benzene rings is 2. The second-order valence-corrected chi connectivity index (χ2v) is 9.42. The highest BCUT2D eigenvalue weighted by Crippen LogP contribution is 2.31. The van der Waals surface area contributed by atoms with Gasteiger partial charge in [-0.1, -0.05) is 30.3 Å². The standard InChI is InChI=1S/C27H31N5O4/c1-30-18-20(36-24-11-12-28-23-10-6-5-9-21(23)24)17-22(26(33)29-35)25(30)27(34)32-15-13-31(14-16-32)19-7-3-2-4-8-19/h2-12,20,22,25,35H,13-18H2,1H3,(H,29,33)/t20-,22-,25-/m0/s1. The van der Waals surface area contributed by atoms with Crippen molar-refractivity contribution >= 4 is 28.4 Å². The molecule has 3 atom stereocenters. The lowest BCUT2D eigenvalue weighted by Crippen LogP contribution is -2.62. The van der Waals surface area contributed by atoms with Gasteiger partial charge in [0, 0.05) is 50.0 Å². The van der Waals surface area contributed by atoms with E-state index in [0.29, 0.717) is 31.8 Å². The first kappa shape index (κ1) is 24.0. The van der Waals surface area contributed by atoms with Crippen LogP contribution in [0.15, 0.2) is 66.9 Å². The number of hydrogen-bond donors (Lipinski definition) is 2. The average molecular weight is 490 g/mol. The van der Waals surface area contributed by atoms with Crippen LogP contribution in [0, 0.1) is 5.92 Å². The molecule has 36 heavy (non-hydrogen) atoms. The van der Waals surface area contributed by atoms with Crippen LogP contribution in [0.2, 0.25) is 0 Å². The molecule has 1 aromatic heterocycles. The van der Waals surface area contributed by atoms with Crippen molar-refractivity contribution in [3.8, 4) is 5.75 Å². The molecule has 3 heterocycles. The zero-order valence-electron chi connectivity index (χ0n) is 20.3. The zero-order chi connectivity index (χ0) is 25.1. The van der Waals surface area contributed by atoms with Crippen LogP contribution in [0.3, 0.4) is 0 Å². The van der Waals surface area contributed by atoms with Gasteiger partial charge in [-0.3, -0.25) is 24.7 Å². The van der Waals surface area contributed by atoms with Gasteiger partial charge in [-0.05, 0) is 43.8 Å². The number of piperidine rings is 1. The molecule has 0 radical (unpaired) electrons.